The Hall–Kier alpha value is -4.41. The van der Waals surface area contributed by atoms with E-state index in [-0.39, 0.29) is 18.2 Å². The first-order valence-electron chi connectivity index (χ1n) is 11.0. The SMILES string of the molecule is N#Cc1ccc(-c2ccccc2)nc1SC1CC(=O)N(c2ccc(Oc3ccccc3)cc2)C1=O. The number of carbonyl (C=O) groups excluding carboxylic acids is 2. The molecular weight excluding hydrogens is 458 g/mol. The van der Waals surface area contributed by atoms with Gasteiger partial charge in [0.1, 0.15) is 22.6 Å². The maximum Gasteiger partial charge on any atom is 0.247 e. The number of pyridine rings is 1. The Kier molecular flexibility index (Phi) is 6.29. The molecule has 0 N–H and O–H groups in total. The minimum absolute atomic E-state index is 0.0356. The molecule has 2 heterocycles. The summed E-state index contributed by atoms with van der Waals surface area (Å²) in [4.78, 5) is 31.8. The van der Waals surface area contributed by atoms with Crippen LogP contribution in [0.25, 0.3) is 11.3 Å². The smallest absolute Gasteiger partial charge is 0.247 e. The molecule has 1 fully saturated rings. The Bertz CT molecular complexity index is 1420. The molecule has 4 aromatic rings. The number of aromatic nitrogens is 1. The minimum atomic E-state index is -0.659. The molecule has 3 aromatic carbocycles. The molecule has 0 spiro atoms. The number of ether oxygens (including phenoxy) is 1. The van der Waals surface area contributed by atoms with E-state index in [1.165, 1.54) is 4.90 Å². The maximum absolute atomic E-state index is 13.2. The molecule has 1 saturated heterocycles. The Balaban J connectivity index is 1.34. The van der Waals surface area contributed by atoms with Crippen molar-refractivity contribution in [2.75, 3.05) is 4.90 Å². The Labute approximate surface area is 206 Å². The molecule has 2 amide bonds. The molecule has 5 rings (SSSR count). The van der Waals surface area contributed by atoms with E-state index in [2.05, 4.69) is 11.1 Å². The largest absolute Gasteiger partial charge is 0.457 e. The number of amides is 2. The van der Waals surface area contributed by atoms with Crippen LogP contribution in [0, 0.1) is 11.3 Å². The van der Waals surface area contributed by atoms with E-state index in [1.807, 2.05) is 60.7 Å². The molecule has 7 heteroatoms. The van der Waals surface area contributed by atoms with Crippen LogP contribution in [0.15, 0.2) is 102 Å². The van der Waals surface area contributed by atoms with E-state index < -0.39 is 5.25 Å². The van der Waals surface area contributed by atoms with Crippen LogP contribution < -0.4 is 9.64 Å². The normalized spacial score (nSPS) is 15.2. The van der Waals surface area contributed by atoms with Crippen LogP contribution in [0.3, 0.4) is 0 Å². The van der Waals surface area contributed by atoms with E-state index >= 15 is 0 Å². The van der Waals surface area contributed by atoms with Gasteiger partial charge in [-0.15, -0.1) is 0 Å². The first kappa shape index (κ1) is 22.4. The van der Waals surface area contributed by atoms with E-state index in [4.69, 9.17) is 4.74 Å². The van der Waals surface area contributed by atoms with Gasteiger partial charge in [-0.2, -0.15) is 5.26 Å². The molecule has 6 nitrogen and oxygen atoms in total. The first-order valence-corrected chi connectivity index (χ1v) is 11.8. The van der Waals surface area contributed by atoms with Crippen molar-refractivity contribution in [1.82, 2.24) is 4.98 Å². The summed E-state index contributed by atoms with van der Waals surface area (Å²) in [6, 6.07) is 31.4. The van der Waals surface area contributed by atoms with Crippen molar-refractivity contribution in [2.45, 2.75) is 16.7 Å². The third-order valence-corrected chi connectivity index (χ3v) is 6.67. The van der Waals surface area contributed by atoms with Gasteiger partial charge in [0.05, 0.1) is 22.2 Å². The number of nitrogens with zero attached hydrogens (tertiary/aromatic N) is 3. The summed E-state index contributed by atoms with van der Waals surface area (Å²) in [5, 5.41) is 9.34. The van der Waals surface area contributed by atoms with Crippen LogP contribution in [-0.2, 0) is 9.59 Å². The van der Waals surface area contributed by atoms with Crippen molar-refractivity contribution < 1.29 is 14.3 Å². The summed E-state index contributed by atoms with van der Waals surface area (Å²) in [7, 11) is 0. The Morgan fingerprint density at radius 2 is 1.51 bits per heavy atom. The zero-order valence-electron chi connectivity index (χ0n) is 18.5. The fourth-order valence-corrected chi connectivity index (χ4v) is 4.87. The molecule has 1 aliphatic heterocycles. The van der Waals surface area contributed by atoms with E-state index in [9.17, 15) is 14.9 Å². The molecule has 0 radical (unpaired) electrons. The van der Waals surface area contributed by atoms with E-state index in [1.54, 1.807) is 36.4 Å². The van der Waals surface area contributed by atoms with Crippen molar-refractivity contribution >= 4 is 29.3 Å². The lowest BCUT2D eigenvalue weighted by molar-refractivity contribution is -0.121. The van der Waals surface area contributed by atoms with Gasteiger partial charge in [0.25, 0.3) is 0 Å². The molecule has 1 aliphatic rings. The average Bonchev–Trinajstić information content (AvgIpc) is 3.18. The average molecular weight is 478 g/mol. The number of para-hydroxylation sites is 1. The van der Waals surface area contributed by atoms with Gasteiger partial charge in [-0.25, -0.2) is 9.88 Å². The lowest BCUT2D eigenvalue weighted by Crippen LogP contribution is -2.31. The Morgan fingerprint density at radius 3 is 2.20 bits per heavy atom. The van der Waals surface area contributed by atoms with Crippen LogP contribution in [0.5, 0.6) is 11.5 Å². The Morgan fingerprint density at radius 1 is 0.857 bits per heavy atom. The van der Waals surface area contributed by atoms with Crippen LogP contribution >= 0.6 is 11.8 Å². The standard InChI is InChI=1S/C28H19N3O3S/c29-18-20-11-16-24(19-7-3-1-4-8-19)30-27(20)35-25-17-26(32)31(28(25)33)21-12-14-23(15-13-21)34-22-9-5-2-6-10-22/h1-16,25H,17H2. The predicted octanol–water partition coefficient (Wildman–Crippen LogP) is 5.84. The molecule has 1 aromatic heterocycles. The number of hydrogen-bond acceptors (Lipinski definition) is 6. The van der Waals surface area contributed by atoms with Crippen LogP contribution in [0.1, 0.15) is 12.0 Å². The highest BCUT2D eigenvalue weighted by Gasteiger charge is 2.40. The molecule has 0 saturated carbocycles. The summed E-state index contributed by atoms with van der Waals surface area (Å²) in [6.07, 6.45) is 0.0356. The highest BCUT2D eigenvalue weighted by molar-refractivity contribution is 8.00. The van der Waals surface area contributed by atoms with Gasteiger partial charge in [-0.1, -0.05) is 60.3 Å². The van der Waals surface area contributed by atoms with Crippen molar-refractivity contribution in [3.8, 4) is 28.8 Å². The summed E-state index contributed by atoms with van der Waals surface area (Å²) in [6.45, 7) is 0. The molecule has 35 heavy (non-hydrogen) atoms. The van der Waals surface area contributed by atoms with Crippen molar-refractivity contribution in [1.29, 1.82) is 5.26 Å². The van der Waals surface area contributed by atoms with Gasteiger partial charge in [0.2, 0.25) is 11.8 Å². The third-order valence-electron chi connectivity index (χ3n) is 5.48. The fraction of sp³-hybridized carbons (Fsp3) is 0.0714. The van der Waals surface area contributed by atoms with Gasteiger partial charge in [0, 0.05) is 12.0 Å². The molecular formula is C28H19N3O3S. The molecule has 170 valence electrons. The van der Waals surface area contributed by atoms with Gasteiger partial charge < -0.3 is 4.74 Å². The second-order valence-corrected chi connectivity index (χ2v) is 9.01. The van der Waals surface area contributed by atoms with E-state index in [0.717, 1.165) is 17.3 Å². The number of benzene rings is 3. The number of nitriles is 1. The number of carbonyl (C=O) groups is 2. The minimum Gasteiger partial charge on any atom is -0.457 e. The molecule has 1 unspecified atom stereocenters. The number of anilines is 1. The topological polar surface area (TPSA) is 83.3 Å². The van der Waals surface area contributed by atoms with Gasteiger partial charge in [-0.05, 0) is 48.5 Å². The predicted molar refractivity (Wildman–Crippen MR) is 134 cm³/mol. The molecule has 0 bridgehead atoms. The zero-order chi connectivity index (χ0) is 24.2. The summed E-state index contributed by atoms with van der Waals surface area (Å²) >= 11 is 1.16. The van der Waals surface area contributed by atoms with E-state index in [0.29, 0.717) is 33.5 Å². The molecule has 1 atom stereocenters. The van der Waals surface area contributed by atoms with Crippen LogP contribution in [-0.4, -0.2) is 22.0 Å². The second kappa shape index (κ2) is 9.84. The number of rotatable bonds is 6. The van der Waals surface area contributed by atoms with Crippen molar-refractivity contribution in [2.24, 2.45) is 0 Å². The van der Waals surface area contributed by atoms with Gasteiger partial charge >= 0.3 is 0 Å². The lowest BCUT2D eigenvalue weighted by Gasteiger charge is -2.16. The van der Waals surface area contributed by atoms with Crippen LogP contribution in [0.4, 0.5) is 5.69 Å². The second-order valence-electron chi connectivity index (χ2n) is 7.81. The third kappa shape index (κ3) is 4.79. The lowest BCUT2D eigenvalue weighted by atomic mass is 10.1. The van der Waals surface area contributed by atoms with Crippen LogP contribution in [0.2, 0.25) is 0 Å². The van der Waals surface area contributed by atoms with Crippen molar-refractivity contribution in [3.05, 3.63) is 103 Å². The number of thioether (sulfide) groups is 1. The van der Waals surface area contributed by atoms with Gasteiger partial charge in [0.15, 0.2) is 0 Å². The highest BCUT2D eigenvalue weighted by Crippen LogP contribution is 2.36. The summed E-state index contributed by atoms with van der Waals surface area (Å²) in [5.74, 6) is 0.684. The van der Waals surface area contributed by atoms with Crippen molar-refractivity contribution in [3.63, 3.8) is 0 Å². The zero-order valence-corrected chi connectivity index (χ0v) is 19.3. The number of hydrogen-bond donors (Lipinski definition) is 0. The maximum atomic E-state index is 13.2. The monoisotopic (exact) mass is 477 g/mol. The highest BCUT2D eigenvalue weighted by atomic mass is 32.2. The van der Waals surface area contributed by atoms with Gasteiger partial charge in [-0.3, -0.25) is 9.59 Å². The number of imide groups is 1. The summed E-state index contributed by atoms with van der Waals surface area (Å²) < 4.78 is 5.79. The summed E-state index contributed by atoms with van der Waals surface area (Å²) in [5.41, 5.74) is 2.47. The fourth-order valence-electron chi connectivity index (χ4n) is 3.78. The molecule has 0 aliphatic carbocycles. The first-order chi connectivity index (χ1) is 17.1. The quantitative estimate of drug-likeness (QED) is 0.325.